The third-order valence-electron chi connectivity index (χ3n) is 3.81. The number of aryl methyl sites for hydroxylation is 1. The third-order valence-corrected chi connectivity index (χ3v) is 4.81. The fourth-order valence-corrected chi connectivity index (χ4v) is 3.77. The Morgan fingerprint density at radius 2 is 1.89 bits per heavy atom. The molecular formula is C17H19NS. The van der Waals surface area contributed by atoms with Crippen molar-refractivity contribution in [1.82, 2.24) is 0 Å². The minimum absolute atomic E-state index is 0.691. The summed E-state index contributed by atoms with van der Waals surface area (Å²) in [6, 6.07) is 17.5. The normalized spacial score (nSPS) is 17.4. The molecule has 3 rings (SSSR count). The zero-order chi connectivity index (χ0) is 13.1. The first kappa shape index (κ1) is 12.8. The smallest absolute Gasteiger partial charge is 0.0125 e. The lowest BCUT2D eigenvalue weighted by atomic mass is 9.98. The van der Waals surface area contributed by atoms with Gasteiger partial charge in [-0.15, -0.1) is 0 Å². The van der Waals surface area contributed by atoms with Crippen molar-refractivity contribution < 1.29 is 0 Å². The highest BCUT2D eigenvalue weighted by atomic mass is 32.2. The number of hydrogen-bond acceptors (Lipinski definition) is 2. The number of fused-ring (bicyclic) bond motifs is 1. The topological polar surface area (TPSA) is 26.0 Å². The van der Waals surface area contributed by atoms with Gasteiger partial charge in [0.15, 0.2) is 0 Å². The molecule has 0 heterocycles. The van der Waals surface area contributed by atoms with E-state index < -0.39 is 0 Å². The Labute approximate surface area is 119 Å². The number of hydrogen-bond donors (Lipinski definition) is 1. The highest BCUT2D eigenvalue weighted by Crippen LogP contribution is 2.38. The molecule has 1 aliphatic rings. The summed E-state index contributed by atoms with van der Waals surface area (Å²) in [7, 11) is 0. The van der Waals surface area contributed by atoms with E-state index in [0.717, 1.165) is 13.0 Å². The highest BCUT2D eigenvalue weighted by molar-refractivity contribution is 7.99. The average molecular weight is 269 g/mol. The van der Waals surface area contributed by atoms with Crippen LogP contribution in [-0.4, -0.2) is 6.54 Å². The summed E-state index contributed by atoms with van der Waals surface area (Å²) in [4.78, 5) is 2.65. The Kier molecular flexibility index (Phi) is 3.90. The SMILES string of the molecule is NCCC1CCc2cc(Sc3ccccc3)ccc21. The van der Waals surface area contributed by atoms with Crippen molar-refractivity contribution in [1.29, 1.82) is 0 Å². The van der Waals surface area contributed by atoms with Gasteiger partial charge in [-0.1, -0.05) is 36.0 Å². The Bertz CT molecular complexity index is 550. The second kappa shape index (κ2) is 5.81. The van der Waals surface area contributed by atoms with Crippen LogP contribution in [-0.2, 0) is 6.42 Å². The summed E-state index contributed by atoms with van der Waals surface area (Å²) in [6.45, 7) is 0.796. The van der Waals surface area contributed by atoms with Crippen LogP contribution in [0.4, 0.5) is 0 Å². The zero-order valence-corrected chi connectivity index (χ0v) is 11.8. The minimum atomic E-state index is 0.691. The van der Waals surface area contributed by atoms with E-state index in [4.69, 9.17) is 5.73 Å². The van der Waals surface area contributed by atoms with Gasteiger partial charge in [-0.05, 0) is 67.1 Å². The molecule has 0 radical (unpaired) electrons. The second-order valence-electron chi connectivity index (χ2n) is 5.09. The monoisotopic (exact) mass is 269 g/mol. The maximum atomic E-state index is 5.69. The van der Waals surface area contributed by atoms with Gasteiger partial charge in [0.1, 0.15) is 0 Å². The first-order valence-electron chi connectivity index (χ1n) is 6.92. The largest absolute Gasteiger partial charge is 0.330 e. The summed E-state index contributed by atoms with van der Waals surface area (Å²) >= 11 is 1.84. The van der Waals surface area contributed by atoms with Gasteiger partial charge in [0.05, 0.1) is 0 Å². The van der Waals surface area contributed by atoms with Crippen LogP contribution in [0.3, 0.4) is 0 Å². The molecule has 2 N–H and O–H groups in total. The molecule has 0 spiro atoms. The van der Waals surface area contributed by atoms with Gasteiger partial charge < -0.3 is 5.73 Å². The molecule has 2 heteroatoms. The molecule has 2 aromatic rings. The Hall–Kier alpha value is -1.25. The molecule has 0 saturated heterocycles. The first-order valence-corrected chi connectivity index (χ1v) is 7.74. The van der Waals surface area contributed by atoms with Gasteiger partial charge in [0, 0.05) is 9.79 Å². The molecular weight excluding hydrogens is 250 g/mol. The minimum Gasteiger partial charge on any atom is -0.330 e. The van der Waals surface area contributed by atoms with E-state index in [1.807, 2.05) is 11.8 Å². The van der Waals surface area contributed by atoms with Crippen LogP contribution in [0.5, 0.6) is 0 Å². The van der Waals surface area contributed by atoms with Gasteiger partial charge in [0.2, 0.25) is 0 Å². The van der Waals surface area contributed by atoms with E-state index in [1.165, 1.54) is 33.8 Å². The summed E-state index contributed by atoms with van der Waals surface area (Å²) in [5.41, 5.74) is 8.75. The molecule has 0 amide bonds. The third kappa shape index (κ3) is 2.85. The Morgan fingerprint density at radius 3 is 2.68 bits per heavy atom. The molecule has 0 aliphatic heterocycles. The van der Waals surface area contributed by atoms with Crippen molar-refractivity contribution in [3.05, 3.63) is 59.7 Å². The van der Waals surface area contributed by atoms with Crippen molar-refractivity contribution in [3.63, 3.8) is 0 Å². The van der Waals surface area contributed by atoms with Crippen LogP contribution in [0.1, 0.15) is 29.9 Å². The van der Waals surface area contributed by atoms with E-state index >= 15 is 0 Å². The van der Waals surface area contributed by atoms with Crippen LogP contribution in [0, 0.1) is 0 Å². The lowest BCUT2D eigenvalue weighted by Gasteiger charge is -2.10. The highest BCUT2D eigenvalue weighted by Gasteiger charge is 2.21. The lowest BCUT2D eigenvalue weighted by molar-refractivity contribution is 0.627. The molecule has 0 saturated carbocycles. The summed E-state index contributed by atoms with van der Waals surface area (Å²) in [6.07, 6.45) is 3.60. The molecule has 98 valence electrons. The van der Waals surface area contributed by atoms with E-state index in [0.29, 0.717) is 5.92 Å². The van der Waals surface area contributed by atoms with Crippen LogP contribution < -0.4 is 5.73 Å². The zero-order valence-electron chi connectivity index (χ0n) is 11.0. The van der Waals surface area contributed by atoms with E-state index in [9.17, 15) is 0 Å². The molecule has 1 aliphatic carbocycles. The lowest BCUT2D eigenvalue weighted by Crippen LogP contribution is -2.04. The summed E-state index contributed by atoms with van der Waals surface area (Å²) in [5, 5.41) is 0. The second-order valence-corrected chi connectivity index (χ2v) is 6.24. The van der Waals surface area contributed by atoms with Crippen molar-refractivity contribution in [2.45, 2.75) is 35.0 Å². The maximum Gasteiger partial charge on any atom is 0.0125 e. The van der Waals surface area contributed by atoms with Crippen LogP contribution in [0.15, 0.2) is 58.3 Å². The predicted molar refractivity (Wildman–Crippen MR) is 81.7 cm³/mol. The molecule has 2 aromatic carbocycles. The van der Waals surface area contributed by atoms with Gasteiger partial charge in [-0.25, -0.2) is 0 Å². The van der Waals surface area contributed by atoms with Crippen LogP contribution in [0.2, 0.25) is 0 Å². The van der Waals surface area contributed by atoms with Gasteiger partial charge in [0.25, 0.3) is 0 Å². The van der Waals surface area contributed by atoms with Crippen molar-refractivity contribution in [2.75, 3.05) is 6.54 Å². The fourth-order valence-electron chi connectivity index (χ4n) is 2.87. The van der Waals surface area contributed by atoms with Crippen molar-refractivity contribution >= 4 is 11.8 Å². The van der Waals surface area contributed by atoms with Crippen molar-refractivity contribution in [3.8, 4) is 0 Å². The van der Waals surface area contributed by atoms with E-state index in [-0.39, 0.29) is 0 Å². The fraction of sp³-hybridized carbons (Fsp3) is 0.294. The van der Waals surface area contributed by atoms with Crippen LogP contribution >= 0.6 is 11.8 Å². The van der Waals surface area contributed by atoms with Crippen LogP contribution in [0.25, 0.3) is 0 Å². The Balaban J connectivity index is 1.79. The molecule has 0 fully saturated rings. The number of rotatable bonds is 4. The quantitative estimate of drug-likeness (QED) is 0.899. The molecule has 1 nitrogen and oxygen atoms in total. The summed E-state index contributed by atoms with van der Waals surface area (Å²) < 4.78 is 0. The molecule has 1 unspecified atom stereocenters. The molecule has 0 aromatic heterocycles. The van der Waals surface area contributed by atoms with Gasteiger partial charge in [-0.3, -0.25) is 0 Å². The molecule has 0 bridgehead atoms. The predicted octanol–water partition coefficient (Wildman–Crippen LogP) is 4.22. The number of benzene rings is 2. The van der Waals surface area contributed by atoms with Gasteiger partial charge >= 0.3 is 0 Å². The first-order chi connectivity index (χ1) is 9.36. The Morgan fingerprint density at radius 1 is 1.05 bits per heavy atom. The average Bonchev–Trinajstić information content (AvgIpc) is 2.83. The molecule has 19 heavy (non-hydrogen) atoms. The van der Waals surface area contributed by atoms with E-state index in [1.54, 1.807) is 0 Å². The standard InChI is InChI=1S/C17H19NS/c18-11-10-13-6-7-14-12-16(8-9-17(13)14)19-15-4-2-1-3-5-15/h1-5,8-9,12-13H,6-7,10-11,18H2. The maximum absolute atomic E-state index is 5.69. The van der Waals surface area contributed by atoms with Gasteiger partial charge in [-0.2, -0.15) is 0 Å². The van der Waals surface area contributed by atoms with E-state index in [2.05, 4.69) is 48.5 Å². The number of nitrogens with two attached hydrogens (primary N) is 1. The summed E-state index contributed by atoms with van der Waals surface area (Å²) in [5.74, 6) is 0.691. The molecule has 1 atom stereocenters. The van der Waals surface area contributed by atoms with Crippen molar-refractivity contribution in [2.24, 2.45) is 5.73 Å².